The predicted octanol–water partition coefficient (Wildman–Crippen LogP) is 6.46. The number of methoxy groups -OCH3 is 1. The molecule has 18 heteroatoms. The third kappa shape index (κ3) is 11.6. The Balaban J connectivity index is 0.00000174. The summed E-state index contributed by atoms with van der Waals surface area (Å²) in [7, 11) is 4.87. The molecule has 2 aromatic carbocycles. The second-order valence-electron chi connectivity index (χ2n) is 13.6. The van der Waals surface area contributed by atoms with Gasteiger partial charge in [-0.15, -0.1) is 0 Å². The summed E-state index contributed by atoms with van der Waals surface area (Å²) in [6.45, 7) is 17.6. The molecule has 0 unspecified atom stereocenters. The van der Waals surface area contributed by atoms with Crippen LogP contribution in [-0.2, 0) is 26.1 Å². The molecule has 2 amide bonds. The lowest BCUT2D eigenvalue weighted by atomic mass is 10.1. The highest BCUT2D eigenvalue weighted by atomic mass is 16.5. The molecule has 0 aliphatic heterocycles. The summed E-state index contributed by atoms with van der Waals surface area (Å²) < 4.78 is 23.2. The zero-order valence-corrected chi connectivity index (χ0v) is 39.1. The third-order valence-corrected chi connectivity index (χ3v) is 9.60. The number of carbonyl (C=O) groups excluding carboxylic acids is 3. The molecular weight excluding hydrogens is 817 g/mol. The van der Waals surface area contributed by atoms with E-state index in [-0.39, 0.29) is 30.4 Å². The van der Waals surface area contributed by atoms with Crippen LogP contribution in [0.5, 0.6) is 11.5 Å². The van der Waals surface area contributed by atoms with Crippen LogP contribution in [-0.4, -0.2) is 81.3 Å². The number of nitrogens with two attached hydrogens (primary N) is 4. The first-order valence-electron chi connectivity index (χ1n) is 21.5. The first kappa shape index (κ1) is 51.4. The van der Waals surface area contributed by atoms with E-state index in [0.717, 1.165) is 24.2 Å². The zero-order valence-electron chi connectivity index (χ0n) is 39.1. The Labute approximate surface area is 375 Å². The molecule has 4 aromatic heterocycles. The normalized spacial score (nSPS) is 11.1. The second kappa shape index (κ2) is 24.6. The zero-order chi connectivity index (χ0) is 47.7. The summed E-state index contributed by atoms with van der Waals surface area (Å²) in [5.74, 6) is 0.351. The number of benzene rings is 2. The van der Waals surface area contributed by atoms with Crippen molar-refractivity contribution in [3.63, 3.8) is 0 Å². The molecule has 6 rings (SSSR count). The molecule has 0 aliphatic rings. The number of nitrogens with one attached hydrogen (secondary N) is 2. The first-order chi connectivity index (χ1) is 30.9. The number of aryl methyl sites for hydroxylation is 4. The van der Waals surface area contributed by atoms with Crippen LogP contribution in [0.25, 0.3) is 33.7 Å². The van der Waals surface area contributed by atoms with Crippen molar-refractivity contribution in [1.29, 1.82) is 0 Å². The molecule has 0 atom stereocenters. The number of aldehydes is 1. The van der Waals surface area contributed by atoms with Gasteiger partial charge in [0.05, 0.1) is 58.9 Å². The highest BCUT2D eigenvalue weighted by molar-refractivity contribution is 6.06. The highest BCUT2D eigenvalue weighted by Gasteiger charge is 2.24. The average molecular weight is 883 g/mol. The molecule has 0 aliphatic carbocycles. The third-order valence-electron chi connectivity index (χ3n) is 9.60. The van der Waals surface area contributed by atoms with E-state index in [4.69, 9.17) is 36.1 Å². The van der Waals surface area contributed by atoms with Gasteiger partial charge in [-0.2, -0.15) is 5.10 Å². The number of fused-ring (bicyclic) bond motifs is 2. The number of oxazole rings is 1. The maximum atomic E-state index is 13.6. The number of ether oxygens (including phenoxy) is 2. The Morgan fingerprint density at radius 3 is 2.22 bits per heavy atom. The molecule has 0 saturated carbocycles. The molecule has 4 heterocycles. The van der Waals surface area contributed by atoms with Crippen molar-refractivity contribution >= 4 is 63.4 Å². The van der Waals surface area contributed by atoms with Crippen molar-refractivity contribution in [3.8, 4) is 11.5 Å². The fraction of sp³-hybridized carbons (Fsp3) is 0.391. The Bertz CT molecular complexity index is 2580. The van der Waals surface area contributed by atoms with Crippen molar-refractivity contribution < 1.29 is 28.3 Å². The van der Waals surface area contributed by atoms with Crippen LogP contribution < -0.4 is 43.0 Å². The molecule has 18 nitrogen and oxygen atoms in total. The van der Waals surface area contributed by atoms with Gasteiger partial charge in [0.1, 0.15) is 23.3 Å². The van der Waals surface area contributed by atoms with Crippen molar-refractivity contribution in [1.82, 2.24) is 34.2 Å². The van der Waals surface area contributed by atoms with Crippen LogP contribution in [0, 0.1) is 13.8 Å². The van der Waals surface area contributed by atoms with Crippen molar-refractivity contribution in [2.75, 3.05) is 45.4 Å². The number of hydrogen-bond donors (Lipinski definition) is 6. The van der Waals surface area contributed by atoms with Crippen LogP contribution in [0.3, 0.4) is 0 Å². The number of primary amides is 1. The summed E-state index contributed by atoms with van der Waals surface area (Å²) in [5, 5.41) is 11.1. The maximum absolute atomic E-state index is 13.6. The minimum Gasteiger partial charge on any atom is -0.495 e. The molecule has 0 fully saturated rings. The van der Waals surface area contributed by atoms with Gasteiger partial charge >= 0.3 is 0 Å². The Kier molecular flexibility index (Phi) is 19.8. The standard InChI is InChI=1S/C41H49N11O6.2C2H6.CH5N/c1-7-29-38(58-24(4)46-29)40(55)48-41-47-30-17-25(22-53)18-34(57-15-11-12-45-5)37(30)51(41)14-10-9-13-50-32(21-28(42)31-16-23(3)49-52(31)8-2)35(43)27-19-26(39(44)54)20-33(56-6)36(27)50;3*1-2/h9-10,16-22,45H,7-8,11-15,42-43H2,1-6H3,(H2,44,54)(H,47,48,55);2*1-2H3;2H2,1H3/b10-9+,28-21-;;;. The van der Waals surface area contributed by atoms with Crippen LogP contribution >= 0.6 is 0 Å². The molecule has 0 saturated heterocycles. The van der Waals surface area contributed by atoms with Gasteiger partial charge in [-0.05, 0) is 83.7 Å². The minimum absolute atomic E-state index is 0.0915. The number of amides is 2. The lowest BCUT2D eigenvalue weighted by Gasteiger charge is -2.13. The molecule has 0 spiro atoms. The van der Waals surface area contributed by atoms with E-state index in [1.54, 1.807) is 41.8 Å². The summed E-state index contributed by atoms with van der Waals surface area (Å²) in [6.07, 6.45) is 7.55. The van der Waals surface area contributed by atoms with Crippen molar-refractivity contribution in [2.45, 2.75) is 87.9 Å². The van der Waals surface area contributed by atoms with Gasteiger partial charge in [0.25, 0.3) is 5.91 Å². The number of imidazole rings is 1. The number of nitrogens with zero attached hydrogens (tertiary/aromatic N) is 6. The molecule has 6 aromatic rings. The number of hydrogen-bond acceptors (Lipinski definition) is 13. The number of rotatable bonds is 18. The van der Waals surface area contributed by atoms with Gasteiger partial charge in [0.15, 0.2) is 5.89 Å². The van der Waals surface area contributed by atoms with E-state index < -0.39 is 11.8 Å². The van der Waals surface area contributed by atoms with E-state index in [9.17, 15) is 14.4 Å². The van der Waals surface area contributed by atoms with Gasteiger partial charge in [0.2, 0.25) is 17.6 Å². The van der Waals surface area contributed by atoms with Crippen molar-refractivity contribution in [2.24, 2.45) is 17.2 Å². The molecule has 64 heavy (non-hydrogen) atoms. The Morgan fingerprint density at radius 1 is 0.922 bits per heavy atom. The quantitative estimate of drug-likeness (QED) is 0.0308. The van der Waals surface area contributed by atoms with E-state index in [2.05, 4.69) is 26.4 Å². The maximum Gasteiger partial charge on any atom is 0.295 e. The number of nitrogen functional groups attached to an aromatic ring is 1. The highest BCUT2D eigenvalue weighted by Crippen LogP contribution is 2.38. The molecular formula is C46H66N12O6. The lowest BCUT2D eigenvalue weighted by molar-refractivity contribution is 0.0988. The summed E-state index contributed by atoms with van der Waals surface area (Å²) >= 11 is 0. The van der Waals surface area contributed by atoms with E-state index in [1.165, 1.54) is 14.2 Å². The van der Waals surface area contributed by atoms with Gasteiger partial charge in [-0.3, -0.25) is 24.4 Å². The van der Waals surface area contributed by atoms with Crippen LogP contribution in [0.15, 0.2) is 46.9 Å². The van der Waals surface area contributed by atoms with Crippen molar-refractivity contribution in [3.05, 3.63) is 88.0 Å². The monoisotopic (exact) mass is 883 g/mol. The summed E-state index contributed by atoms with van der Waals surface area (Å²) in [4.78, 5) is 47.0. The molecule has 346 valence electrons. The fourth-order valence-corrected chi connectivity index (χ4v) is 6.92. The molecule has 0 bridgehead atoms. The lowest BCUT2D eigenvalue weighted by Crippen LogP contribution is -2.17. The molecule has 0 radical (unpaired) electrons. The van der Waals surface area contributed by atoms with Gasteiger partial charge in [-0.25, -0.2) is 9.97 Å². The van der Waals surface area contributed by atoms with Gasteiger partial charge < -0.3 is 51.3 Å². The van der Waals surface area contributed by atoms with E-state index in [0.29, 0.717) is 93.7 Å². The Hall–Kier alpha value is -6.92. The van der Waals surface area contributed by atoms with Crippen LogP contribution in [0.2, 0.25) is 0 Å². The predicted molar refractivity (Wildman–Crippen MR) is 256 cm³/mol. The second-order valence-corrected chi connectivity index (χ2v) is 13.6. The number of carbonyl (C=O) groups is 3. The molecule has 10 N–H and O–H groups in total. The van der Waals surface area contributed by atoms with Crippen LogP contribution in [0.4, 0.5) is 11.6 Å². The van der Waals surface area contributed by atoms with E-state index >= 15 is 0 Å². The van der Waals surface area contributed by atoms with Gasteiger partial charge in [0, 0.05) is 43.1 Å². The number of allylic oxidation sites excluding steroid dienone is 2. The first-order valence-corrected chi connectivity index (χ1v) is 21.5. The summed E-state index contributed by atoms with van der Waals surface area (Å²) in [5.41, 5.74) is 29.5. The average Bonchev–Trinajstić information content (AvgIpc) is 4.06. The summed E-state index contributed by atoms with van der Waals surface area (Å²) in [6, 6.07) is 8.43. The smallest absolute Gasteiger partial charge is 0.295 e. The Morgan fingerprint density at radius 2 is 1.61 bits per heavy atom. The van der Waals surface area contributed by atoms with Crippen LogP contribution in [0.1, 0.15) is 108 Å². The number of aromatic nitrogens is 6. The minimum atomic E-state index is -0.628. The van der Waals surface area contributed by atoms with E-state index in [1.807, 2.05) is 83.0 Å². The number of anilines is 2. The van der Waals surface area contributed by atoms with Gasteiger partial charge in [-0.1, -0.05) is 46.8 Å². The SMILES string of the molecule is CC.CC.CCc1nc(C)oc1C(=O)Nc1nc2cc(C=O)cc(OCCCNC)c2n1C/C=C/Cn1c(/C=C(\N)c2cc(C)nn2CC)c(N)c2cc(C(N)=O)cc(OC)c21.CN. The fourth-order valence-electron chi connectivity index (χ4n) is 6.92. The topological polar surface area (TPSA) is 264 Å². The largest absolute Gasteiger partial charge is 0.495 e.